The normalized spacial score (nSPS) is 24.8. The van der Waals surface area contributed by atoms with E-state index in [1.54, 1.807) is 18.9 Å². The van der Waals surface area contributed by atoms with E-state index in [1.807, 2.05) is 18.9 Å². The molecule has 1 saturated carbocycles. The van der Waals surface area contributed by atoms with Gasteiger partial charge >= 0.3 is 6.01 Å². The predicted molar refractivity (Wildman–Crippen MR) is 182 cm³/mol. The largest absolute Gasteiger partial charge is 0.461 e. The number of fused-ring (bicyclic) bond motifs is 2. The standard InChI is InChI=1S/C36H42F3N7O3/c1-7-24-26(38)12-11-22-15-35(4,48)20-46(30(22)24)32-28(39)29-25(17-40-32)31(41-19-36(13-9-10-14-36)45(6)27(47)8-2)43-33(42-29)49-21-34(3)16-23(37)18-44(34)5/h1,8,11-12,17,23,48H,2,9-10,13-16,18-21H2,3-6H3,(H,41,42,43)/t23-,34+,35+/m1/s1. The summed E-state index contributed by atoms with van der Waals surface area (Å²) >= 11 is 0. The number of likely N-dealkylation sites (N-methyl/N-ethyl adjacent to an activating group) is 2. The van der Waals surface area contributed by atoms with Crippen molar-refractivity contribution in [2.45, 2.75) is 75.2 Å². The number of hydrogen-bond acceptors (Lipinski definition) is 9. The molecule has 13 heteroatoms. The number of hydrogen-bond donors (Lipinski definition) is 2. The van der Waals surface area contributed by atoms with Crippen molar-refractivity contribution >= 4 is 34.1 Å². The third-order valence-electron chi connectivity index (χ3n) is 10.5. The summed E-state index contributed by atoms with van der Waals surface area (Å²) in [4.78, 5) is 31.2. The van der Waals surface area contributed by atoms with Crippen LogP contribution in [0, 0.1) is 24.0 Å². The lowest BCUT2D eigenvalue weighted by atomic mass is 9.88. The van der Waals surface area contributed by atoms with Crippen LogP contribution in [0.1, 0.15) is 57.1 Å². The minimum Gasteiger partial charge on any atom is -0.461 e. The van der Waals surface area contributed by atoms with Crippen LogP contribution in [-0.4, -0.2) is 99.0 Å². The fourth-order valence-electron chi connectivity index (χ4n) is 7.57. The number of terminal acetylenes is 1. The van der Waals surface area contributed by atoms with Gasteiger partial charge in [0.05, 0.1) is 39.9 Å². The maximum absolute atomic E-state index is 16.9. The van der Waals surface area contributed by atoms with Crippen molar-refractivity contribution in [3.8, 4) is 18.4 Å². The van der Waals surface area contributed by atoms with Gasteiger partial charge in [0.1, 0.15) is 29.9 Å². The molecule has 49 heavy (non-hydrogen) atoms. The average Bonchev–Trinajstić information content (AvgIpc) is 3.65. The van der Waals surface area contributed by atoms with E-state index in [-0.39, 0.29) is 78.2 Å². The number of aromatic nitrogens is 3. The molecule has 2 aromatic heterocycles. The Balaban J connectivity index is 1.45. The Kier molecular flexibility index (Phi) is 9.00. The van der Waals surface area contributed by atoms with Gasteiger partial charge in [-0.25, -0.2) is 18.2 Å². The van der Waals surface area contributed by atoms with Crippen LogP contribution in [0.3, 0.4) is 0 Å². The monoisotopic (exact) mass is 677 g/mol. The van der Waals surface area contributed by atoms with Gasteiger partial charge in [0.2, 0.25) is 5.91 Å². The molecular weight excluding hydrogens is 635 g/mol. The smallest absolute Gasteiger partial charge is 0.319 e. The number of aliphatic hydroxyl groups is 1. The molecular formula is C36H42F3N7O3. The molecule has 3 aromatic rings. The van der Waals surface area contributed by atoms with Crippen LogP contribution >= 0.6 is 0 Å². The predicted octanol–water partition coefficient (Wildman–Crippen LogP) is 4.91. The number of halogens is 3. The Morgan fingerprint density at radius 3 is 2.67 bits per heavy atom. The molecule has 3 aliphatic rings. The Morgan fingerprint density at radius 2 is 2.02 bits per heavy atom. The zero-order valence-corrected chi connectivity index (χ0v) is 28.3. The zero-order valence-electron chi connectivity index (χ0n) is 28.3. The Morgan fingerprint density at radius 1 is 1.29 bits per heavy atom. The summed E-state index contributed by atoms with van der Waals surface area (Å²) in [5.74, 6) is 0.684. The van der Waals surface area contributed by atoms with Gasteiger partial charge < -0.3 is 25.0 Å². The number of nitrogens with one attached hydrogen (secondary N) is 1. The van der Waals surface area contributed by atoms with Crippen molar-refractivity contribution in [2.75, 3.05) is 50.6 Å². The number of β-amino-alcohol motifs (C(OH)–C–C–N with tert-alkyl or cyclic N) is 1. The second-order valence-corrected chi connectivity index (χ2v) is 14.2. The SMILES string of the molecule is C#Cc1c(F)ccc2c1N(c1ncc3c(NCC4(N(C)C(=O)C=C)CCCC4)nc(OC[C@]4(C)C[C@@H](F)CN4C)nc3c1F)C[C@@](C)(O)C2. The Bertz CT molecular complexity index is 1840. The van der Waals surface area contributed by atoms with Crippen molar-refractivity contribution in [1.29, 1.82) is 0 Å². The highest BCUT2D eigenvalue weighted by Gasteiger charge is 2.42. The van der Waals surface area contributed by atoms with Crippen LogP contribution in [0.5, 0.6) is 6.01 Å². The highest BCUT2D eigenvalue weighted by molar-refractivity contribution is 5.92. The van der Waals surface area contributed by atoms with Crippen molar-refractivity contribution in [2.24, 2.45) is 0 Å². The van der Waals surface area contributed by atoms with Crippen LogP contribution in [0.4, 0.5) is 30.5 Å². The summed E-state index contributed by atoms with van der Waals surface area (Å²) in [6.45, 7) is 7.62. The van der Waals surface area contributed by atoms with Crippen LogP contribution in [-0.2, 0) is 11.2 Å². The molecule has 2 aliphatic heterocycles. The molecule has 260 valence electrons. The fraction of sp³-hybridized carbons (Fsp3) is 0.500. The van der Waals surface area contributed by atoms with Gasteiger partial charge in [-0.05, 0) is 51.4 Å². The molecule has 1 aliphatic carbocycles. The lowest BCUT2D eigenvalue weighted by molar-refractivity contribution is -0.129. The molecule has 3 atom stereocenters. The van der Waals surface area contributed by atoms with Gasteiger partial charge in [0.15, 0.2) is 11.6 Å². The summed E-state index contributed by atoms with van der Waals surface area (Å²) < 4.78 is 52.2. The van der Waals surface area contributed by atoms with Crippen LogP contribution in [0.2, 0.25) is 0 Å². The lowest BCUT2D eigenvalue weighted by Crippen LogP contribution is -2.51. The molecule has 2 N–H and O–H groups in total. The Hall–Kier alpha value is -4.41. The molecule has 0 radical (unpaired) electrons. The molecule has 6 rings (SSSR count). The molecule has 0 unspecified atom stereocenters. The number of rotatable bonds is 9. The Labute approximate surface area is 284 Å². The van der Waals surface area contributed by atoms with Gasteiger partial charge in [-0.2, -0.15) is 9.97 Å². The molecule has 2 fully saturated rings. The molecule has 4 heterocycles. The van der Waals surface area contributed by atoms with E-state index in [9.17, 15) is 18.7 Å². The van der Waals surface area contributed by atoms with E-state index in [0.717, 1.165) is 25.7 Å². The number of carbonyl (C=O) groups excluding carboxylic acids is 1. The van der Waals surface area contributed by atoms with Gasteiger partial charge in [-0.3, -0.25) is 9.69 Å². The maximum atomic E-state index is 16.9. The number of benzene rings is 1. The van der Waals surface area contributed by atoms with Crippen LogP contribution in [0.25, 0.3) is 10.9 Å². The van der Waals surface area contributed by atoms with E-state index >= 15 is 4.39 Å². The van der Waals surface area contributed by atoms with Gasteiger partial charge in [0, 0.05) is 39.2 Å². The van der Waals surface area contributed by atoms with Gasteiger partial charge in [-0.15, -0.1) is 6.42 Å². The number of anilines is 3. The number of amides is 1. The topological polar surface area (TPSA) is 107 Å². The minimum atomic E-state index is -1.31. The number of likely N-dealkylation sites (tertiary alicyclic amines) is 1. The number of alkyl halides is 1. The van der Waals surface area contributed by atoms with E-state index < -0.39 is 34.5 Å². The number of nitrogens with zero attached hydrogens (tertiary/aromatic N) is 6. The summed E-state index contributed by atoms with van der Waals surface area (Å²) in [5, 5.41) is 14.7. The third-order valence-corrected chi connectivity index (χ3v) is 10.5. The number of pyridine rings is 1. The minimum absolute atomic E-state index is 0.0438. The first-order valence-corrected chi connectivity index (χ1v) is 16.5. The van der Waals surface area contributed by atoms with Crippen LogP contribution < -0.4 is 15.0 Å². The van der Waals surface area contributed by atoms with Crippen molar-refractivity contribution in [1.82, 2.24) is 24.8 Å². The summed E-state index contributed by atoms with van der Waals surface area (Å²) in [5.41, 5.74) is -1.90. The van der Waals surface area contributed by atoms with Crippen molar-refractivity contribution in [3.63, 3.8) is 0 Å². The number of ether oxygens (including phenoxy) is 1. The van der Waals surface area contributed by atoms with Crippen molar-refractivity contribution < 1.29 is 27.8 Å². The van der Waals surface area contributed by atoms with E-state index in [2.05, 4.69) is 32.8 Å². The summed E-state index contributed by atoms with van der Waals surface area (Å²) in [6.07, 6.45) is 11.2. The average molecular weight is 678 g/mol. The molecule has 1 saturated heterocycles. The molecule has 1 aromatic carbocycles. The fourth-order valence-corrected chi connectivity index (χ4v) is 7.57. The summed E-state index contributed by atoms with van der Waals surface area (Å²) in [6, 6.07) is 2.62. The first-order chi connectivity index (χ1) is 23.2. The van der Waals surface area contributed by atoms with E-state index in [1.165, 1.54) is 29.3 Å². The summed E-state index contributed by atoms with van der Waals surface area (Å²) in [7, 11) is 3.56. The molecule has 1 amide bonds. The first-order valence-electron chi connectivity index (χ1n) is 16.5. The zero-order chi connectivity index (χ0) is 35.3. The molecule has 10 nitrogen and oxygen atoms in total. The van der Waals surface area contributed by atoms with Crippen molar-refractivity contribution in [3.05, 3.63) is 53.7 Å². The highest BCUT2D eigenvalue weighted by Crippen LogP contribution is 2.42. The maximum Gasteiger partial charge on any atom is 0.319 e. The van der Waals surface area contributed by atoms with E-state index in [4.69, 9.17) is 11.2 Å². The highest BCUT2D eigenvalue weighted by atomic mass is 19.1. The second kappa shape index (κ2) is 12.8. The first kappa shape index (κ1) is 34.5. The van der Waals surface area contributed by atoms with Gasteiger partial charge in [-0.1, -0.05) is 31.4 Å². The van der Waals surface area contributed by atoms with Gasteiger partial charge in [0.25, 0.3) is 0 Å². The van der Waals surface area contributed by atoms with Crippen LogP contribution in [0.15, 0.2) is 31.0 Å². The third kappa shape index (κ3) is 6.28. The lowest BCUT2D eigenvalue weighted by Gasteiger charge is -2.40. The molecule has 0 bridgehead atoms. The molecule has 0 spiro atoms. The quantitative estimate of drug-likeness (QED) is 0.242. The second-order valence-electron chi connectivity index (χ2n) is 14.2. The van der Waals surface area contributed by atoms with E-state index in [0.29, 0.717) is 12.1 Å². The number of carbonyl (C=O) groups is 1.